The molecule has 1 saturated heterocycles. The molecule has 0 bridgehead atoms. The molecule has 154 valence electrons. The van der Waals surface area contributed by atoms with Crippen molar-refractivity contribution in [2.45, 2.75) is 39.1 Å². The number of aryl methyl sites for hydroxylation is 4. The third-order valence-electron chi connectivity index (χ3n) is 5.48. The van der Waals surface area contributed by atoms with E-state index in [1.165, 1.54) is 0 Å². The normalized spacial score (nSPS) is 16.6. The van der Waals surface area contributed by atoms with Crippen molar-refractivity contribution in [2.24, 2.45) is 0 Å². The van der Waals surface area contributed by atoms with Gasteiger partial charge in [-0.3, -0.25) is 4.90 Å². The molecule has 0 amide bonds. The van der Waals surface area contributed by atoms with Crippen molar-refractivity contribution in [1.82, 2.24) is 14.2 Å². The molecule has 3 aromatic rings. The van der Waals surface area contributed by atoms with Gasteiger partial charge >= 0.3 is 0 Å². The van der Waals surface area contributed by atoms with Gasteiger partial charge in [0.05, 0.1) is 11.4 Å². The predicted octanol–water partition coefficient (Wildman–Crippen LogP) is 3.57. The zero-order valence-electron chi connectivity index (χ0n) is 17.4. The van der Waals surface area contributed by atoms with Crippen molar-refractivity contribution in [1.29, 1.82) is 0 Å². The summed E-state index contributed by atoms with van der Waals surface area (Å²) in [4.78, 5) is 7.22. The number of aromatic nitrogens is 1. The van der Waals surface area contributed by atoms with Gasteiger partial charge in [0.25, 0.3) is 0 Å². The summed E-state index contributed by atoms with van der Waals surface area (Å²) in [6.45, 7) is 10.6. The van der Waals surface area contributed by atoms with Crippen LogP contribution in [0.2, 0.25) is 0 Å². The molecule has 0 saturated carbocycles. The molecule has 7 heteroatoms. The van der Waals surface area contributed by atoms with E-state index < -0.39 is 10.0 Å². The van der Waals surface area contributed by atoms with E-state index in [4.69, 9.17) is 4.42 Å². The van der Waals surface area contributed by atoms with Crippen molar-refractivity contribution >= 4 is 21.1 Å². The molecule has 1 aromatic heterocycles. The number of oxazole rings is 1. The SMILES string of the molecule is Cc1cc(C)c(S(=O)(=O)N2CCN(Cc3nc4cc(C)ccc4o3)CC2)c(C)c1. The van der Waals surface area contributed by atoms with Crippen LogP contribution in [0.4, 0.5) is 0 Å². The van der Waals surface area contributed by atoms with Crippen LogP contribution in [-0.2, 0) is 16.6 Å². The Bertz CT molecular complexity index is 1140. The van der Waals surface area contributed by atoms with E-state index in [2.05, 4.69) is 9.88 Å². The second kappa shape index (κ2) is 7.55. The largest absolute Gasteiger partial charge is 0.439 e. The van der Waals surface area contributed by atoms with E-state index in [1.54, 1.807) is 4.31 Å². The molecule has 4 rings (SSSR count). The van der Waals surface area contributed by atoms with Gasteiger partial charge in [0.2, 0.25) is 15.9 Å². The number of rotatable bonds is 4. The Kier molecular flexibility index (Phi) is 5.23. The predicted molar refractivity (Wildman–Crippen MR) is 113 cm³/mol. The van der Waals surface area contributed by atoms with Gasteiger partial charge in [-0.15, -0.1) is 0 Å². The summed E-state index contributed by atoms with van der Waals surface area (Å²) in [5.41, 5.74) is 5.51. The highest BCUT2D eigenvalue weighted by Crippen LogP contribution is 2.26. The maximum Gasteiger partial charge on any atom is 0.243 e. The Balaban J connectivity index is 1.46. The molecule has 6 nitrogen and oxygen atoms in total. The van der Waals surface area contributed by atoms with Crippen LogP contribution in [0.3, 0.4) is 0 Å². The fourth-order valence-corrected chi connectivity index (χ4v) is 6.01. The number of fused-ring (bicyclic) bond motifs is 1. The van der Waals surface area contributed by atoms with E-state index >= 15 is 0 Å². The topological polar surface area (TPSA) is 66.7 Å². The van der Waals surface area contributed by atoms with E-state index in [0.717, 1.165) is 33.4 Å². The van der Waals surface area contributed by atoms with Crippen molar-refractivity contribution in [2.75, 3.05) is 26.2 Å². The van der Waals surface area contributed by atoms with Crippen molar-refractivity contribution in [3.63, 3.8) is 0 Å². The highest BCUT2D eigenvalue weighted by molar-refractivity contribution is 7.89. The van der Waals surface area contributed by atoms with Gasteiger partial charge in [-0.25, -0.2) is 13.4 Å². The highest BCUT2D eigenvalue weighted by Gasteiger charge is 2.31. The van der Waals surface area contributed by atoms with Crippen LogP contribution in [0.15, 0.2) is 39.6 Å². The fraction of sp³-hybridized carbons (Fsp3) is 0.409. The van der Waals surface area contributed by atoms with Gasteiger partial charge in [-0.05, 0) is 56.5 Å². The monoisotopic (exact) mass is 413 g/mol. The molecule has 0 radical (unpaired) electrons. The Morgan fingerprint density at radius 1 is 0.931 bits per heavy atom. The molecule has 0 aliphatic carbocycles. The number of hydrogen-bond acceptors (Lipinski definition) is 5. The fourth-order valence-electron chi connectivity index (χ4n) is 4.17. The molecule has 2 aromatic carbocycles. The lowest BCUT2D eigenvalue weighted by molar-refractivity contribution is 0.169. The molecule has 1 aliphatic rings. The minimum absolute atomic E-state index is 0.450. The second-order valence-corrected chi connectivity index (χ2v) is 9.86. The van der Waals surface area contributed by atoms with Crippen LogP contribution < -0.4 is 0 Å². The quantitative estimate of drug-likeness (QED) is 0.654. The number of nitrogens with zero attached hydrogens (tertiary/aromatic N) is 3. The summed E-state index contributed by atoms with van der Waals surface area (Å²) < 4.78 is 33.9. The summed E-state index contributed by atoms with van der Waals surface area (Å²) in [5, 5.41) is 0. The maximum atomic E-state index is 13.2. The first-order valence-electron chi connectivity index (χ1n) is 9.90. The molecule has 1 aliphatic heterocycles. The van der Waals surface area contributed by atoms with Gasteiger partial charge in [-0.1, -0.05) is 23.8 Å². The molecule has 0 unspecified atom stereocenters. The number of piperazine rings is 1. The molecular weight excluding hydrogens is 386 g/mol. The lowest BCUT2D eigenvalue weighted by Crippen LogP contribution is -2.48. The summed E-state index contributed by atoms with van der Waals surface area (Å²) in [6.07, 6.45) is 0. The smallest absolute Gasteiger partial charge is 0.243 e. The first-order chi connectivity index (χ1) is 13.7. The third-order valence-corrected chi connectivity index (χ3v) is 7.68. The molecule has 29 heavy (non-hydrogen) atoms. The van der Waals surface area contributed by atoms with Crippen LogP contribution in [0.25, 0.3) is 11.1 Å². The van der Waals surface area contributed by atoms with E-state index in [1.807, 2.05) is 58.0 Å². The van der Waals surface area contributed by atoms with Crippen LogP contribution in [0.1, 0.15) is 28.1 Å². The lowest BCUT2D eigenvalue weighted by Gasteiger charge is -2.33. The summed E-state index contributed by atoms with van der Waals surface area (Å²) in [7, 11) is -3.49. The van der Waals surface area contributed by atoms with Gasteiger partial charge in [0.1, 0.15) is 5.52 Å². The highest BCUT2D eigenvalue weighted by atomic mass is 32.2. The van der Waals surface area contributed by atoms with Crippen molar-refractivity contribution in [3.8, 4) is 0 Å². The molecular formula is C22H27N3O3S. The number of sulfonamides is 1. The lowest BCUT2D eigenvalue weighted by atomic mass is 10.1. The Morgan fingerprint density at radius 3 is 2.24 bits per heavy atom. The van der Waals surface area contributed by atoms with Crippen LogP contribution in [0, 0.1) is 27.7 Å². The average Bonchev–Trinajstić information content (AvgIpc) is 3.02. The third kappa shape index (κ3) is 3.95. The minimum atomic E-state index is -3.49. The van der Waals surface area contributed by atoms with Gasteiger partial charge in [0.15, 0.2) is 5.58 Å². The molecule has 0 N–H and O–H groups in total. The Labute approximate surface area is 172 Å². The Hall–Kier alpha value is -2.22. The first-order valence-corrected chi connectivity index (χ1v) is 11.3. The van der Waals surface area contributed by atoms with Gasteiger partial charge < -0.3 is 4.42 Å². The van der Waals surface area contributed by atoms with Crippen LogP contribution in [0.5, 0.6) is 0 Å². The van der Waals surface area contributed by atoms with Crippen molar-refractivity contribution < 1.29 is 12.8 Å². The van der Waals surface area contributed by atoms with Crippen molar-refractivity contribution in [3.05, 3.63) is 58.5 Å². The second-order valence-electron chi connectivity index (χ2n) is 7.99. The maximum absolute atomic E-state index is 13.2. The molecule has 0 spiro atoms. The summed E-state index contributed by atoms with van der Waals surface area (Å²) >= 11 is 0. The van der Waals surface area contributed by atoms with Gasteiger partial charge in [-0.2, -0.15) is 4.31 Å². The first kappa shape index (κ1) is 20.1. The number of hydrogen-bond donors (Lipinski definition) is 0. The summed E-state index contributed by atoms with van der Waals surface area (Å²) in [6, 6.07) is 9.84. The minimum Gasteiger partial charge on any atom is -0.439 e. The zero-order valence-corrected chi connectivity index (χ0v) is 18.2. The average molecular weight is 414 g/mol. The number of benzene rings is 2. The molecule has 1 fully saturated rings. The molecule has 0 atom stereocenters. The summed E-state index contributed by atoms with van der Waals surface area (Å²) in [5.74, 6) is 0.673. The van der Waals surface area contributed by atoms with E-state index in [-0.39, 0.29) is 0 Å². The molecule has 2 heterocycles. The van der Waals surface area contributed by atoms with E-state index in [9.17, 15) is 8.42 Å². The zero-order chi connectivity index (χ0) is 20.8. The van der Waals surface area contributed by atoms with E-state index in [0.29, 0.717) is 43.5 Å². The van der Waals surface area contributed by atoms with Crippen LogP contribution in [-0.4, -0.2) is 48.8 Å². The Morgan fingerprint density at radius 2 is 1.59 bits per heavy atom. The van der Waals surface area contributed by atoms with Gasteiger partial charge in [0, 0.05) is 26.2 Å². The standard InChI is InChI=1S/C22H27N3O3S/c1-15-5-6-20-19(13-15)23-21(28-20)14-24-7-9-25(10-8-24)29(26,27)22-17(3)11-16(2)12-18(22)4/h5-6,11-13H,7-10,14H2,1-4H3. The van der Waals surface area contributed by atoms with Crippen LogP contribution >= 0.6 is 0 Å².